The molecule has 6 rings (SSSR count). The summed E-state index contributed by atoms with van der Waals surface area (Å²) in [5.41, 5.74) is 1.87. The van der Waals surface area contributed by atoms with Crippen LogP contribution in [-0.4, -0.2) is 24.3 Å². The number of benzene rings is 3. The summed E-state index contributed by atoms with van der Waals surface area (Å²) < 4.78 is 19.2. The van der Waals surface area contributed by atoms with Crippen LogP contribution < -0.4 is 19.6 Å². The van der Waals surface area contributed by atoms with Crippen molar-refractivity contribution >= 4 is 57.4 Å². The van der Waals surface area contributed by atoms with Gasteiger partial charge in [0.1, 0.15) is 23.3 Å². The minimum atomic E-state index is -0.827. The van der Waals surface area contributed by atoms with Gasteiger partial charge in [0, 0.05) is 17.2 Å². The highest BCUT2D eigenvalue weighted by molar-refractivity contribution is 7.07. The second kappa shape index (κ2) is 11.3. The van der Waals surface area contributed by atoms with Crippen LogP contribution in [0, 0.1) is 0 Å². The molecule has 0 amide bonds. The zero-order valence-corrected chi connectivity index (χ0v) is 25.1. The topological polar surface area (TPSA) is 83.0 Å². The van der Waals surface area contributed by atoms with E-state index in [9.17, 15) is 9.59 Å². The number of rotatable bonds is 6. The standard InChI is InChI=1S/C32H24Cl2N2O5S/c1-4-40-31(38)27-17(2)35-32-36(29(27)28-21-8-6-5-7-18(21)10-13-25(28)39-3)30(37)26(42-32)16-20-11-14-24(41-20)19-9-12-22(33)23(34)15-19/h5-16,29H,4H2,1-3H3/b26-16+/t29-/m1/s1. The third-order valence-electron chi connectivity index (χ3n) is 7.05. The molecule has 0 unspecified atom stereocenters. The molecule has 1 aliphatic rings. The van der Waals surface area contributed by atoms with Crippen molar-refractivity contribution in [2.24, 2.45) is 4.99 Å². The van der Waals surface area contributed by atoms with Crippen molar-refractivity contribution in [2.75, 3.05) is 13.7 Å². The summed E-state index contributed by atoms with van der Waals surface area (Å²) in [6.07, 6.45) is 1.67. The minimum Gasteiger partial charge on any atom is -0.496 e. The lowest BCUT2D eigenvalue weighted by Gasteiger charge is -2.27. The average molecular weight is 620 g/mol. The van der Waals surface area contributed by atoms with Crippen molar-refractivity contribution in [3.05, 3.63) is 119 Å². The Kier molecular flexibility index (Phi) is 7.53. The highest BCUT2D eigenvalue weighted by atomic mass is 35.5. The first-order chi connectivity index (χ1) is 20.3. The molecule has 0 bridgehead atoms. The second-order valence-corrected chi connectivity index (χ2v) is 11.4. The first-order valence-corrected chi connectivity index (χ1v) is 14.7. The van der Waals surface area contributed by atoms with E-state index in [0.29, 0.717) is 47.9 Å². The zero-order valence-electron chi connectivity index (χ0n) is 22.8. The van der Waals surface area contributed by atoms with Gasteiger partial charge in [-0.15, -0.1) is 0 Å². The number of thiazole rings is 1. The maximum absolute atomic E-state index is 14.1. The molecule has 0 radical (unpaired) electrons. The minimum absolute atomic E-state index is 0.180. The Bertz CT molecular complexity index is 2090. The number of furan rings is 1. The number of fused-ring (bicyclic) bond motifs is 2. The molecule has 10 heteroatoms. The maximum Gasteiger partial charge on any atom is 0.338 e. The van der Waals surface area contributed by atoms with Gasteiger partial charge in [-0.2, -0.15) is 0 Å². The molecular formula is C32H24Cl2N2O5S. The summed E-state index contributed by atoms with van der Waals surface area (Å²) in [5, 5.41) is 2.66. The predicted octanol–water partition coefficient (Wildman–Crippen LogP) is 6.53. The summed E-state index contributed by atoms with van der Waals surface area (Å²) in [4.78, 5) is 32.6. The number of esters is 1. The van der Waals surface area contributed by atoms with Crippen molar-refractivity contribution < 1.29 is 18.7 Å². The van der Waals surface area contributed by atoms with Crippen molar-refractivity contribution in [3.8, 4) is 17.1 Å². The summed E-state index contributed by atoms with van der Waals surface area (Å²) >= 11 is 13.5. The lowest BCUT2D eigenvalue weighted by Crippen LogP contribution is -2.40. The van der Waals surface area contributed by atoms with Gasteiger partial charge < -0.3 is 13.9 Å². The molecule has 0 aliphatic carbocycles. The summed E-state index contributed by atoms with van der Waals surface area (Å²) in [6.45, 7) is 3.68. The molecule has 1 atom stereocenters. The van der Waals surface area contributed by atoms with Crippen LogP contribution in [0.4, 0.5) is 0 Å². The third kappa shape index (κ3) is 4.85. The number of carbonyl (C=O) groups excluding carboxylic acids is 1. The van der Waals surface area contributed by atoms with Crippen LogP contribution in [0.3, 0.4) is 0 Å². The smallest absolute Gasteiger partial charge is 0.338 e. The van der Waals surface area contributed by atoms with Gasteiger partial charge in [0.25, 0.3) is 5.56 Å². The van der Waals surface area contributed by atoms with Crippen molar-refractivity contribution in [3.63, 3.8) is 0 Å². The van der Waals surface area contributed by atoms with Gasteiger partial charge in [0.2, 0.25) is 0 Å². The molecule has 0 spiro atoms. The Morgan fingerprint density at radius 1 is 1.10 bits per heavy atom. The molecule has 0 N–H and O–H groups in total. The fourth-order valence-electron chi connectivity index (χ4n) is 5.16. The molecule has 0 saturated heterocycles. The van der Waals surface area contributed by atoms with Crippen LogP contribution in [0.15, 0.2) is 92.2 Å². The van der Waals surface area contributed by atoms with Gasteiger partial charge in [-0.1, -0.05) is 64.9 Å². The number of halogens is 2. The lowest BCUT2D eigenvalue weighted by molar-refractivity contribution is -0.139. The molecule has 212 valence electrons. The van der Waals surface area contributed by atoms with Crippen LogP contribution in [0.25, 0.3) is 28.2 Å². The summed E-state index contributed by atoms with van der Waals surface area (Å²) in [7, 11) is 1.57. The van der Waals surface area contributed by atoms with Crippen molar-refractivity contribution in [1.29, 1.82) is 0 Å². The lowest BCUT2D eigenvalue weighted by atomic mass is 9.90. The highest BCUT2D eigenvalue weighted by Crippen LogP contribution is 2.40. The fraction of sp³-hybridized carbons (Fsp3) is 0.156. The second-order valence-electron chi connectivity index (χ2n) is 9.54. The van der Waals surface area contributed by atoms with E-state index in [0.717, 1.165) is 16.3 Å². The monoisotopic (exact) mass is 618 g/mol. The van der Waals surface area contributed by atoms with Crippen LogP contribution in [0.1, 0.15) is 31.2 Å². The molecule has 42 heavy (non-hydrogen) atoms. The van der Waals surface area contributed by atoms with Gasteiger partial charge in [0.05, 0.1) is 39.6 Å². The summed E-state index contributed by atoms with van der Waals surface area (Å²) in [5.74, 6) is 1.06. The number of carbonyl (C=O) groups is 1. The van der Waals surface area contributed by atoms with E-state index in [4.69, 9.17) is 37.1 Å². The number of ether oxygens (including phenoxy) is 2. The zero-order chi connectivity index (χ0) is 29.5. The van der Waals surface area contributed by atoms with Gasteiger partial charge in [-0.25, -0.2) is 9.79 Å². The number of methoxy groups -OCH3 is 1. The molecule has 0 saturated carbocycles. The Hall–Kier alpha value is -4.11. The van der Waals surface area contributed by atoms with Gasteiger partial charge in [-0.3, -0.25) is 9.36 Å². The van der Waals surface area contributed by atoms with E-state index in [2.05, 4.69) is 4.99 Å². The van der Waals surface area contributed by atoms with Crippen LogP contribution in [0.2, 0.25) is 10.0 Å². The number of hydrogen-bond donors (Lipinski definition) is 0. The molecule has 5 aromatic rings. The Morgan fingerprint density at radius 3 is 2.67 bits per heavy atom. The maximum atomic E-state index is 14.1. The van der Waals surface area contributed by atoms with Crippen LogP contribution >= 0.6 is 34.5 Å². The molecule has 1 aliphatic heterocycles. The number of allylic oxidation sites excluding steroid dienone is 1. The molecule has 3 heterocycles. The van der Waals surface area contributed by atoms with E-state index in [-0.39, 0.29) is 17.7 Å². The predicted molar refractivity (Wildman–Crippen MR) is 165 cm³/mol. The first-order valence-electron chi connectivity index (χ1n) is 13.1. The quantitative estimate of drug-likeness (QED) is 0.202. The number of aromatic nitrogens is 1. The van der Waals surface area contributed by atoms with Gasteiger partial charge in [0.15, 0.2) is 4.80 Å². The Balaban J connectivity index is 1.56. The van der Waals surface area contributed by atoms with E-state index < -0.39 is 12.0 Å². The van der Waals surface area contributed by atoms with E-state index >= 15 is 0 Å². The molecule has 2 aromatic heterocycles. The molecule has 0 fully saturated rings. The molecule has 7 nitrogen and oxygen atoms in total. The first kappa shape index (κ1) is 28.0. The molecular weight excluding hydrogens is 595 g/mol. The van der Waals surface area contributed by atoms with Gasteiger partial charge in [-0.05, 0) is 61.0 Å². The number of hydrogen-bond acceptors (Lipinski definition) is 7. The number of nitrogens with zero attached hydrogens (tertiary/aromatic N) is 2. The largest absolute Gasteiger partial charge is 0.496 e. The fourth-order valence-corrected chi connectivity index (χ4v) is 6.49. The Morgan fingerprint density at radius 2 is 1.90 bits per heavy atom. The average Bonchev–Trinajstić information content (AvgIpc) is 3.57. The van der Waals surface area contributed by atoms with E-state index in [1.807, 2.05) is 42.5 Å². The highest BCUT2D eigenvalue weighted by Gasteiger charge is 2.36. The van der Waals surface area contributed by atoms with E-state index in [1.165, 1.54) is 11.3 Å². The van der Waals surface area contributed by atoms with Crippen LogP contribution in [-0.2, 0) is 9.53 Å². The molecule has 3 aromatic carbocycles. The van der Waals surface area contributed by atoms with E-state index in [1.54, 1.807) is 55.9 Å². The SMILES string of the molecule is CCOC(=O)C1=C(C)N=c2s/c(=C/c3ccc(-c4ccc(Cl)c(Cl)c4)o3)c(=O)n2[C@H]1c1c(OC)ccc2ccccc12. The Labute approximate surface area is 254 Å². The van der Waals surface area contributed by atoms with Crippen LogP contribution in [0.5, 0.6) is 5.75 Å². The third-order valence-corrected chi connectivity index (χ3v) is 8.77. The normalized spacial score (nSPS) is 15.1. The van der Waals surface area contributed by atoms with Crippen molar-refractivity contribution in [2.45, 2.75) is 19.9 Å². The van der Waals surface area contributed by atoms with Gasteiger partial charge >= 0.3 is 5.97 Å². The van der Waals surface area contributed by atoms with Crippen molar-refractivity contribution in [1.82, 2.24) is 4.57 Å². The summed E-state index contributed by atoms with van der Waals surface area (Å²) in [6, 6.07) is 19.6.